The highest BCUT2D eigenvalue weighted by molar-refractivity contribution is 5.97. The molecule has 0 saturated heterocycles. The van der Waals surface area contributed by atoms with Crippen LogP contribution in [-0.2, 0) is 9.59 Å². The number of hydrogen-bond donors (Lipinski definition) is 2. The second-order valence-electron chi connectivity index (χ2n) is 5.25. The number of unbranched alkanes of at least 4 members (excludes halogenated alkanes) is 4. The lowest BCUT2D eigenvalue weighted by Gasteiger charge is -2.16. The van der Waals surface area contributed by atoms with Gasteiger partial charge in [-0.3, -0.25) is 9.59 Å². The summed E-state index contributed by atoms with van der Waals surface area (Å²) >= 11 is 0. The van der Waals surface area contributed by atoms with Crippen molar-refractivity contribution in [1.82, 2.24) is 0 Å². The van der Waals surface area contributed by atoms with E-state index in [0.29, 0.717) is 18.4 Å². The lowest BCUT2D eigenvalue weighted by Crippen LogP contribution is -2.23. The quantitative estimate of drug-likeness (QED) is 0.630. The van der Waals surface area contributed by atoms with Gasteiger partial charge >= 0.3 is 5.97 Å². The normalized spacial score (nSPS) is 22.3. The van der Waals surface area contributed by atoms with Crippen LogP contribution in [0.5, 0.6) is 0 Å². The van der Waals surface area contributed by atoms with Gasteiger partial charge in [0.1, 0.15) is 0 Å². The Kier molecular flexibility index (Phi) is 6.78. The Morgan fingerprint density at radius 1 is 1.26 bits per heavy atom. The molecule has 0 bridgehead atoms. The number of carboxylic acid groups (broad SMARTS) is 1. The van der Waals surface area contributed by atoms with Crippen molar-refractivity contribution >= 4 is 11.8 Å². The Morgan fingerprint density at radius 2 is 1.95 bits per heavy atom. The van der Waals surface area contributed by atoms with Gasteiger partial charge in [-0.1, -0.05) is 38.7 Å². The number of ketones is 1. The zero-order valence-electron chi connectivity index (χ0n) is 11.6. The van der Waals surface area contributed by atoms with E-state index < -0.39 is 18.0 Å². The maximum Gasteiger partial charge on any atom is 0.304 e. The van der Waals surface area contributed by atoms with Crippen LogP contribution in [0.15, 0.2) is 11.6 Å². The number of aliphatic carboxylic acids is 1. The standard InChI is InChI=1S/C15H24O4/c1-2-3-4-5-6-7-13(16)11-8-9-14(17)12(11)10-15(18)19/h8,12,14,17H,2-7,9-10H2,1H3,(H,18,19). The van der Waals surface area contributed by atoms with Gasteiger partial charge in [-0.15, -0.1) is 0 Å². The molecule has 19 heavy (non-hydrogen) atoms. The molecule has 2 N–H and O–H groups in total. The third-order valence-corrected chi connectivity index (χ3v) is 3.67. The zero-order valence-corrected chi connectivity index (χ0v) is 11.6. The predicted octanol–water partition coefficient (Wildman–Crippen LogP) is 2.70. The molecule has 4 heteroatoms. The van der Waals surface area contributed by atoms with Gasteiger partial charge in [0.2, 0.25) is 0 Å². The summed E-state index contributed by atoms with van der Waals surface area (Å²) in [7, 11) is 0. The van der Waals surface area contributed by atoms with Crippen LogP contribution in [0.25, 0.3) is 0 Å². The van der Waals surface area contributed by atoms with Crippen LogP contribution in [0.4, 0.5) is 0 Å². The number of hydrogen-bond acceptors (Lipinski definition) is 3. The maximum atomic E-state index is 12.0. The van der Waals surface area contributed by atoms with Crippen LogP contribution >= 0.6 is 0 Å². The van der Waals surface area contributed by atoms with Crippen molar-refractivity contribution in [3.63, 3.8) is 0 Å². The molecule has 2 unspecified atom stereocenters. The van der Waals surface area contributed by atoms with Gasteiger partial charge < -0.3 is 10.2 Å². The Labute approximate surface area is 114 Å². The van der Waals surface area contributed by atoms with E-state index in [9.17, 15) is 14.7 Å². The van der Waals surface area contributed by atoms with E-state index in [1.54, 1.807) is 6.08 Å². The van der Waals surface area contributed by atoms with E-state index in [1.165, 1.54) is 12.8 Å². The first-order valence-corrected chi connectivity index (χ1v) is 7.19. The molecule has 1 aliphatic rings. The lowest BCUT2D eigenvalue weighted by atomic mass is 9.91. The molecule has 0 aromatic heterocycles. The minimum Gasteiger partial charge on any atom is -0.481 e. The number of rotatable bonds is 9. The first-order chi connectivity index (χ1) is 9.06. The van der Waals surface area contributed by atoms with Gasteiger partial charge in [0.25, 0.3) is 0 Å². The van der Waals surface area contributed by atoms with Gasteiger partial charge in [-0.05, 0) is 18.4 Å². The summed E-state index contributed by atoms with van der Waals surface area (Å²) in [6, 6.07) is 0. The second-order valence-corrected chi connectivity index (χ2v) is 5.25. The smallest absolute Gasteiger partial charge is 0.304 e. The monoisotopic (exact) mass is 268 g/mol. The average molecular weight is 268 g/mol. The van der Waals surface area contributed by atoms with Crippen molar-refractivity contribution in [2.24, 2.45) is 5.92 Å². The van der Waals surface area contributed by atoms with Gasteiger partial charge in [0.15, 0.2) is 5.78 Å². The van der Waals surface area contributed by atoms with Gasteiger partial charge in [0, 0.05) is 12.3 Å². The van der Waals surface area contributed by atoms with Crippen LogP contribution < -0.4 is 0 Å². The summed E-state index contributed by atoms with van der Waals surface area (Å²) in [5.74, 6) is -1.47. The molecule has 1 rings (SSSR count). The van der Waals surface area contributed by atoms with E-state index >= 15 is 0 Å². The highest BCUT2D eigenvalue weighted by Crippen LogP contribution is 2.31. The van der Waals surface area contributed by atoms with E-state index in [2.05, 4.69) is 6.92 Å². The van der Waals surface area contributed by atoms with E-state index in [0.717, 1.165) is 19.3 Å². The first-order valence-electron chi connectivity index (χ1n) is 7.19. The molecule has 0 heterocycles. The van der Waals surface area contributed by atoms with Gasteiger partial charge in [-0.25, -0.2) is 0 Å². The Hall–Kier alpha value is -1.16. The number of carbonyl (C=O) groups excluding carboxylic acids is 1. The average Bonchev–Trinajstić information content (AvgIpc) is 2.70. The highest BCUT2D eigenvalue weighted by atomic mass is 16.4. The third-order valence-electron chi connectivity index (χ3n) is 3.67. The Balaban J connectivity index is 2.40. The van der Waals surface area contributed by atoms with Crippen LogP contribution in [0.1, 0.15) is 58.3 Å². The fourth-order valence-corrected chi connectivity index (χ4v) is 2.56. The van der Waals surface area contributed by atoms with Crippen molar-refractivity contribution in [1.29, 1.82) is 0 Å². The predicted molar refractivity (Wildman–Crippen MR) is 72.8 cm³/mol. The zero-order chi connectivity index (χ0) is 14.3. The Morgan fingerprint density at radius 3 is 2.58 bits per heavy atom. The van der Waals surface area contributed by atoms with E-state index in [-0.39, 0.29) is 12.2 Å². The molecule has 0 spiro atoms. The van der Waals surface area contributed by atoms with Crippen molar-refractivity contribution in [3.8, 4) is 0 Å². The fraction of sp³-hybridized carbons (Fsp3) is 0.733. The lowest BCUT2D eigenvalue weighted by molar-refractivity contribution is -0.138. The summed E-state index contributed by atoms with van der Waals surface area (Å²) in [5.41, 5.74) is 0.533. The largest absolute Gasteiger partial charge is 0.481 e. The molecule has 0 aromatic carbocycles. The van der Waals surface area contributed by atoms with Gasteiger partial charge in [-0.2, -0.15) is 0 Å². The third kappa shape index (κ3) is 5.15. The minimum absolute atomic E-state index is 0.0132. The van der Waals surface area contributed by atoms with Gasteiger partial charge in [0.05, 0.1) is 12.5 Å². The molecular formula is C15H24O4. The molecule has 0 fully saturated rings. The van der Waals surface area contributed by atoms with Crippen molar-refractivity contribution in [3.05, 3.63) is 11.6 Å². The molecule has 0 amide bonds. The highest BCUT2D eigenvalue weighted by Gasteiger charge is 2.33. The molecule has 108 valence electrons. The molecule has 0 aromatic rings. The Bertz CT molecular complexity index is 346. The minimum atomic E-state index is -0.965. The van der Waals surface area contributed by atoms with E-state index in [1.807, 2.05) is 0 Å². The van der Waals surface area contributed by atoms with Crippen molar-refractivity contribution in [2.45, 2.75) is 64.4 Å². The maximum absolute atomic E-state index is 12.0. The summed E-state index contributed by atoms with van der Waals surface area (Å²) in [6.07, 6.45) is 7.11. The van der Waals surface area contributed by atoms with Crippen LogP contribution in [0, 0.1) is 5.92 Å². The summed E-state index contributed by atoms with van der Waals surface area (Å²) in [6.45, 7) is 2.15. The van der Waals surface area contributed by atoms with Crippen molar-refractivity contribution < 1.29 is 19.8 Å². The number of Topliss-reactive ketones (excluding diaryl/α,β-unsaturated/α-hetero) is 1. The number of carbonyl (C=O) groups is 2. The summed E-state index contributed by atoms with van der Waals surface area (Å²) in [5, 5.41) is 18.5. The topological polar surface area (TPSA) is 74.6 Å². The fourth-order valence-electron chi connectivity index (χ4n) is 2.56. The second kappa shape index (κ2) is 8.10. The molecule has 1 aliphatic carbocycles. The van der Waals surface area contributed by atoms with E-state index in [4.69, 9.17) is 5.11 Å². The molecular weight excluding hydrogens is 244 g/mol. The molecule has 2 atom stereocenters. The number of aliphatic hydroxyl groups is 1. The number of carboxylic acids is 1. The summed E-state index contributed by atoms with van der Waals surface area (Å²) < 4.78 is 0. The molecule has 0 aliphatic heterocycles. The molecule has 0 radical (unpaired) electrons. The van der Waals surface area contributed by atoms with Crippen molar-refractivity contribution in [2.75, 3.05) is 0 Å². The number of aliphatic hydroxyl groups excluding tert-OH is 1. The van der Waals surface area contributed by atoms with Crippen LogP contribution in [0.2, 0.25) is 0 Å². The molecule has 0 saturated carbocycles. The summed E-state index contributed by atoms with van der Waals surface area (Å²) in [4.78, 5) is 22.8. The first kappa shape index (κ1) is 15.9. The van der Waals surface area contributed by atoms with Crippen LogP contribution in [-0.4, -0.2) is 28.1 Å². The molecule has 4 nitrogen and oxygen atoms in total. The SMILES string of the molecule is CCCCCCCC(=O)C1=CCC(O)C1CC(=O)O. The van der Waals surface area contributed by atoms with Crippen LogP contribution in [0.3, 0.4) is 0 Å².